The third-order valence-electron chi connectivity index (χ3n) is 3.06. The van der Waals surface area contributed by atoms with E-state index in [0.717, 1.165) is 29.8 Å². The molecule has 0 amide bonds. The van der Waals surface area contributed by atoms with E-state index in [0.29, 0.717) is 0 Å². The summed E-state index contributed by atoms with van der Waals surface area (Å²) >= 11 is 3.44. The van der Waals surface area contributed by atoms with E-state index in [1.807, 2.05) is 0 Å². The van der Waals surface area contributed by atoms with E-state index < -0.39 is 0 Å². The Hall–Kier alpha value is -1.48. The fraction of sp³-hybridized carbons (Fsp3) is 0.250. The smallest absolute Gasteiger partial charge is 0.0366 e. The Morgan fingerprint density at radius 1 is 1.00 bits per heavy atom. The molecule has 2 rings (SSSR count). The Kier molecular flexibility index (Phi) is 5.28. The molecule has 0 atom stereocenters. The van der Waals surface area contributed by atoms with Crippen LogP contribution in [-0.2, 0) is 0 Å². The van der Waals surface area contributed by atoms with Crippen molar-refractivity contribution in [2.24, 2.45) is 0 Å². The third-order valence-corrected chi connectivity index (χ3v) is 3.59. The number of nitrogens with zero attached hydrogens (tertiary/aromatic N) is 1. The molecule has 0 saturated heterocycles. The maximum atomic E-state index is 3.44. The van der Waals surface area contributed by atoms with Gasteiger partial charge in [-0.3, -0.25) is 0 Å². The molecule has 3 heteroatoms. The summed E-state index contributed by atoms with van der Waals surface area (Å²) in [4.78, 5) is 2.37. The molecule has 0 bridgehead atoms. The van der Waals surface area contributed by atoms with E-state index in [4.69, 9.17) is 0 Å². The topological polar surface area (TPSA) is 15.3 Å². The van der Waals surface area contributed by atoms with Crippen LogP contribution in [0.1, 0.15) is 6.92 Å². The molecule has 1 N–H and O–H groups in total. The molecule has 100 valence electrons. The van der Waals surface area contributed by atoms with Crippen molar-refractivity contribution >= 4 is 27.3 Å². The fourth-order valence-corrected chi connectivity index (χ4v) is 2.28. The van der Waals surface area contributed by atoms with E-state index in [1.54, 1.807) is 0 Å². The van der Waals surface area contributed by atoms with E-state index >= 15 is 0 Å². The van der Waals surface area contributed by atoms with Gasteiger partial charge >= 0.3 is 0 Å². The van der Waals surface area contributed by atoms with Crippen molar-refractivity contribution in [3.8, 4) is 0 Å². The molecule has 0 aliphatic rings. The number of hydrogen-bond acceptors (Lipinski definition) is 2. The molecule has 0 radical (unpaired) electrons. The first-order valence-corrected chi connectivity index (χ1v) is 7.38. The Balaban J connectivity index is 1.85. The molecule has 0 aliphatic carbocycles. The molecule has 2 aromatic rings. The number of hydrogen-bond donors (Lipinski definition) is 1. The number of halogens is 1. The summed E-state index contributed by atoms with van der Waals surface area (Å²) in [7, 11) is 0. The van der Waals surface area contributed by atoms with Crippen LogP contribution in [0.3, 0.4) is 0 Å². The average molecular weight is 319 g/mol. The van der Waals surface area contributed by atoms with Gasteiger partial charge < -0.3 is 10.2 Å². The zero-order valence-electron chi connectivity index (χ0n) is 11.1. The van der Waals surface area contributed by atoms with Gasteiger partial charge in [-0.2, -0.15) is 0 Å². The van der Waals surface area contributed by atoms with E-state index in [2.05, 4.69) is 87.7 Å². The second-order valence-electron chi connectivity index (χ2n) is 4.35. The highest BCUT2D eigenvalue weighted by Crippen LogP contribution is 2.15. The van der Waals surface area contributed by atoms with Gasteiger partial charge in [0.15, 0.2) is 0 Å². The summed E-state index contributed by atoms with van der Waals surface area (Å²) in [5.41, 5.74) is 2.44. The molecule has 0 aliphatic heterocycles. The van der Waals surface area contributed by atoms with Gasteiger partial charge in [-0.1, -0.05) is 34.1 Å². The highest BCUT2D eigenvalue weighted by molar-refractivity contribution is 9.10. The molecule has 2 aromatic carbocycles. The quantitative estimate of drug-likeness (QED) is 0.849. The Morgan fingerprint density at radius 3 is 2.32 bits per heavy atom. The lowest BCUT2D eigenvalue weighted by Crippen LogP contribution is -2.28. The minimum Gasteiger partial charge on any atom is -0.383 e. The minimum absolute atomic E-state index is 0.935. The van der Waals surface area contributed by atoms with Crippen LogP contribution >= 0.6 is 15.9 Å². The van der Waals surface area contributed by atoms with Gasteiger partial charge in [0, 0.05) is 35.5 Å². The highest BCUT2D eigenvalue weighted by atomic mass is 79.9. The highest BCUT2D eigenvalue weighted by Gasteiger charge is 2.02. The van der Waals surface area contributed by atoms with Crippen molar-refractivity contribution in [1.82, 2.24) is 0 Å². The van der Waals surface area contributed by atoms with E-state index in [-0.39, 0.29) is 0 Å². The number of anilines is 2. The largest absolute Gasteiger partial charge is 0.383 e. The molecule has 0 heterocycles. The van der Waals surface area contributed by atoms with Gasteiger partial charge in [0.25, 0.3) is 0 Å². The predicted molar refractivity (Wildman–Crippen MR) is 87.0 cm³/mol. The van der Waals surface area contributed by atoms with Gasteiger partial charge in [0.1, 0.15) is 0 Å². The number of likely N-dealkylation sites (N-methyl/N-ethyl adjacent to an activating group) is 1. The lowest BCUT2D eigenvalue weighted by Gasteiger charge is -2.23. The summed E-state index contributed by atoms with van der Waals surface area (Å²) < 4.78 is 1.11. The Labute approximate surface area is 123 Å². The first kappa shape index (κ1) is 13.9. The molecule has 2 nitrogen and oxygen atoms in total. The number of nitrogens with one attached hydrogen (secondary N) is 1. The summed E-state index contributed by atoms with van der Waals surface area (Å²) in [6.07, 6.45) is 0. The zero-order chi connectivity index (χ0) is 13.5. The molecule has 19 heavy (non-hydrogen) atoms. The molecular weight excluding hydrogens is 300 g/mol. The number of rotatable bonds is 6. The second-order valence-corrected chi connectivity index (χ2v) is 5.26. The summed E-state index contributed by atoms with van der Waals surface area (Å²) in [5.74, 6) is 0. The van der Waals surface area contributed by atoms with Crippen LogP contribution < -0.4 is 10.2 Å². The van der Waals surface area contributed by atoms with Gasteiger partial charge in [0.2, 0.25) is 0 Å². The predicted octanol–water partition coefficient (Wildman–Crippen LogP) is 4.39. The normalized spacial score (nSPS) is 10.2. The van der Waals surface area contributed by atoms with Crippen molar-refractivity contribution in [3.05, 3.63) is 59.1 Å². The van der Waals surface area contributed by atoms with Crippen LogP contribution in [0.2, 0.25) is 0 Å². The van der Waals surface area contributed by atoms with Gasteiger partial charge in [-0.15, -0.1) is 0 Å². The van der Waals surface area contributed by atoms with Gasteiger partial charge in [-0.25, -0.2) is 0 Å². The number of para-hydroxylation sites is 1. The van der Waals surface area contributed by atoms with Crippen LogP contribution in [0.15, 0.2) is 59.1 Å². The SMILES string of the molecule is CCN(CCNc1ccc(Br)cc1)c1ccccc1. The monoisotopic (exact) mass is 318 g/mol. The average Bonchev–Trinajstić information content (AvgIpc) is 2.46. The third kappa shape index (κ3) is 4.28. The molecule has 0 fully saturated rings. The van der Waals surface area contributed by atoms with Crippen LogP contribution in [0.5, 0.6) is 0 Å². The maximum absolute atomic E-state index is 3.44. The van der Waals surface area contributed by atoms with Gasteiger partial charge in [0.05, 0.1) is 0 Å². The molecule has 0 unspecified atom stereocenters. The van der Waals surface area contributed by atoms with E-state index in [9.17, 15) is 0 Å². The lowest BCUT2D eigenvalue weighted by atomic mass is 10.3. The first-order chi connectivity index (χ1) is 9.29. The Bertz CT molecular complexity index is 482. The lowest BCUT2D eigenvalue weighted by molar-refractivity contribution is 0.835. The van der Waals surface area contributed by atoms with Crippen molar-refractivity contribution in [2.75, 3.05) is 29.9 Å². The van der Waals surface area contributed by atoms with Crippen LogP contribution in [0.4, 0.5) is 11.4 Å². The molecule has 0 aromatic heterocycles. The molecule has 0 spiro atoms. The summed E-state index contributed by atoms with van der Waals surface area (Å²) in [6, 6.07) is 18.8. The van der Waals surface area contributed by atoms with Crippen LogP contribution in [-0.4, -0.2) is 19.6 Å². The summed E-state index contributed by atoms with van der Waals surface area (Å²) in [5, 5.41) is 3.44. The Morgan fingerprint density at radius 2 is 1.68 bits per heavy atom. The zero-order valence-corrected chi connectivity index (χ0v) is 12.7. The van der Waals surface area contributed by atoms with E-state index in [1.165, 1.54) is 5.69 Å². The maximum Gasteiger partial charge on any atom is 0.0366 e. The molecule has 0 saturated carbocycles. The fourth-order valence-electron chi connectivity index (χ4n) is 2.01. The van der Waals surface area contributed by atoms with Crippen molar-refractivity contribution in [1.29, 1.82) is 0 Å². The van der Waals surface area contributed by atoms with Crippen molar-refractivity contribution in [2.45, 2.75) is 6.92 Å². The summed E-state index contributed by atoms with van der Waals surface area (Å²) in [6.45, 7) is 5.14. The van der Waals surface area contributed by atoms with Crippen molar-refractivity contribution < 1.29 is 0 Å². The number of benzene rings is 2. The second kappa shape index (κ2) is 7.19. The van der Waals surface area contributed by atoms with Gasteiger partial charge in [-0.05, 0) is 43.3 Å². The van der Waals surface area contributed by atoms with Crippen molar-refractivity contribution in [3.63, 3.8) is 0 Å². The van der Waals surface area contributed by atoms with Crippen LogP contribution in [0.25, 0.3) is 0 Å². The minimum atomic E-state index is 0.935. The molecular formula is C16H19BrN2. The standard InChI is InChI=1S/C16H19BrN2/c1-2-19(16-6-4-3-5-7-16)13-12-18-15-10-8-14(17)9-11-15/h3-11,18H,2,12-13H2,1H3. The van der Waals surface area contributed by atoms with Crippen LogP contribution in [0, 0.1) is 0 Å². The first-order valence-electron chi connectivity index (χ1n) is 6.59.